The number of hydrogen-bond acceptors (Lipinski definition) is 3. The van der Waals surface area contributed by atoms with Gasteiger partial charge in [0.05, 0.1) is 22.4 Å². The Morgan fingerprint density at radius 3 is 2.58 bits per heavy atom. The van der Waals surface area contributed by atoms with Crippen LogP contribution in [-0.4, -0.2) is 38.8 Å². The number of thiophene rings is 1. The quantitative estimate of drug-likeness (QED) is 0.852. The van der Waals surface area contributed by atoms with E-state index in [0.717, 1.165) is 38.4 Å². The van der Waals surface area contributed by atoms with Crippen LogP contribution in [0.25, 0.3) is 0 Å². The number of hydrogen-bond donors (Lipinski definition) is 2. The van der Waals surface area contributed by atoms with Gasteiger partial charge in [-0.05, 0) is 24.6 Å². The lowest BCUT2D eigenvalue weighted by Crippen LogP contribution is -3.14. The Morgan fingerprint density at radius 2 is 1.96 bits per heavy atom. The molecular weight excluding hydrogens is 344 g/mol. The van der Waals surface area contributed by atoms with Gasteiger partial charge in [0.1, 0.15) is 25.7 Å². The predicted molar refractivity (Wildman–Crippen MR) is 97.1 cm³/mol. The molecule has 4 nitrogen and oxygen atoms in total. The molecule has 24 heavy (non-hydrogen) atoms. The largest absolute Gasteiger partial charge is 0.370 e. The first-order valence-electron chi connectivity index (χ1n) is 8.16. The van der Waals surface area contributed by atoms with Crippen LogP contribution in [0.4, 0.5) is 0 Å². The molecule has 0 radical (unpaired) electrons. The van der Waals surface area contributed by atoms with Crippen LogP contribution in [0.15, 0.2) is 36.4 Å². The van der Waals surface area contributed by atoms with Gasteiger partial charge in [0.15, 0.2) is 0 Å². The minimum absolute atomic E-state index is 0.0212. The molecule has 2 N–H and O–H groups in total. The zero-order chi connectivity index (χ0) is 16.9. The van der Waals surface area contributed by atoms with Gasteiger partial charge in [-0.2, -0.15) is 0 Å². The lowest BCUT2D eigenvalue weighted by molar-refractivity contribution is -0.909. The highest BCUT2D eigenvalue weighted by molar-refractivity contribution is 7.17. The van der Waals surface area contributed by atoms with Crippen LogP contribution < -0.4 is 10.2 Å². The molecule has 1 aromatic carbocycles. The minimum Gasteiger partial charge on any atom is -0.370 e. The fraction of sp³-hybridized carbons (Fsp3) is 0.389. The second-order valence-corrected chi connectivity index (χ2v) is 7.82. The van der Waals surface area contributed by atoms with Gasteiger partial charge >= 0.3 is 0 Å². The Hall–Kier alpha value is -1.40. The molecule has 1 fully saturated rings. The number of benzene rings is 1. The molecular formula is C18H22ClN2O2S+. The summed E-state index contributed by atoms with van der Waals surface area (Å²) < 4.78 is 6.07. The fourth-order valence-corrected chi connectivity index (χ4v) is 3.82. The van der Waals surface area contributed by atoms with E-state index in [1.807, 2.05) is 0 Å². The second-order valence-electron chi connectivity index (χ2n) is 6.11. The van der Waals surface area contributed by atoms with Gasteiger partial charge in [0.25, 0.3) is 5.91 Å². The molecule has 0 aliphatic carbocycles. The van der Waals surface area contributed by atoms with Crippen LogP contribution >= 0.6 is 22.9 Å². The average molecular weight is 366 g/mol. The van der Waals surface area contributed by atoms with Crippen molar-refractivity contribution in [3.05, 3.63) is 56.7 Å². The van der Waals surface area contributed by atoms with Crippen molar-refractivity contribution < 1.29 is 14.4 Å². The highest BCUT2D eigenvalue weighted by atomic mass is 35.5. The molecule has 1 aliphatic rings. The van der Waals surface area contributed by atoms with Crippen LogP contribution in [0.5, 0.6) is 0 Å². The normalized spacial score (nSPS) is 16.8. The molecule has 6 heteroatoms. The van der Waals surface area contributed by atoms with Crippen molar-refractivity contribution in [3.63, 3.8) is 0 Å². The summed E-state index contributed by atoms with van der Waals surface area (Å²) in [5.74, 6) is -0.0647. The van der Waals surface area contributed by atoms with Crippen LogP contribution in [0.2, 0.25) is 4.34 Å². The number of amides is 1. The fourth-order valence-electron chi connectivity index (χ4n) is 2.87. The number of carbonyl (C=O) groups excluding carboxylic acids is 1. The second kappa shape index (κ2) is 8.12. The summed E-state index contributed by atoms with van der Waals surface area (Å²) in [6.45, 7) is 6.44. The van der Waals surface area contributed by atoms with Crippen LogP contribution in [0.1, 0.15) is 26.8 Å². The summed E-state index contributed by atoms with van der Waals surface area (Å²) >= 11 is 7.26. The topological polar surface area (TPSA) is 42.8 Å². The third-order valence-corrected chi connectivity index (χ3v) is 5.50. The van der Waals surface area contributed by atoms with E-state index < -0.39 is 0 Å². The van der Waals surface area contributed by atoms with Crippen molar-refractivity contribution in [3.8, 4) is 0 Å². The van der Waals surface area contributed by atoms with Crippen molar-refractivity contribution >= 4 is 28.8 Å². The van der Waals surface area contributed by atoms with E-state index >= 15 is 0 Å². The monoisotopic (exact) mass is 365 g/mol. The lowest BCUT2D eigenvalue weighted by Gasteiger charge is -2.28. The van der Waals surface area contributed by atoms with E-state index in [-0.39, 0.29) is 11.9 Å². The van der Waals surface area contributed by atoms with Gasteiger partial charge in [0.2, 0.25) is 0 Å². The van der Waals surface area contributed by atoms with Gasteiger partial charge in [-0.3, -0.25) is 4.79 Å². The highest BCUT2D eigenvalue weighted by Gasteiger charge is 2.23. The van der Waals surface area contributed by atoms with Crippen LogP contribution in [-0.2, 0) is 4.74 Å². The van der Waals surface area contributed by atoms with E-state index in [2.05, 4.69) is 36.5 Å². The Balaban J connectivity index is 1.75. The SMILES string of the molecule is Cc1ccc([C@@H](C[NH+]2CCOCC2)NC(=O)c2ccc(Cl)s2)cc1. The number of halogens is 1. The average Bonchev–Trinajstić information content (AvgIpc) is 3.02. The summed E-state index contributed by atoms with van der Waals surface area (Å²) in [6, 6.07) is 11.9. The number of rotatable bonds is 5. The number of ether oxygens (including phenoxy) is 1. The van der Waals surface area contributed by atoms with Crippen molar-refractivity contribution in [1.29, 1.82) is 0 Å². The first-order chi connectivity index (χ1) is 11.6. The van der Waals surface area contributed by atoms with E-state index in [4.69, 9.17) is 16.3 Å². The Labute approximate surface area is 151 Å². The molecule has 1 atom stereocenters. The Bertz CT molecular complexity index is 681. The number of quaternary nitrogens is 1. The molecule has 2 aromatic rings. The van der Waals surface area contributed by atoms with Gasteiger partial charge in [0, 0.05) is 0 Å². The maximum absolute atomic E-state index is 12.6. The summed E-state index contributed by atoms with van der Waals surface area (Å²) in [5.41, 5.74) is 2.35. The van der Waals surface area contributed by atoms with E-state index in [1.54, 1.807) is 12.1 Å². The molecule has 0 saturated carbocycles. The number of morpholine rings is 1. The van der Waals surface area contributed by atoms with Gasteiger partial charge < -0.3 is 15.0 Å². The first kappa shape index (κ1) is 17.4. The smallest absolute Gasteiger partial charge is 0.262 e. The van der Waals surface area contributed by atoms with E-state index in [1.165, 1.54) is 21.8 Å². The van der Waals surface area contributed by atoms with Crippen molar-refractivity contribution in [2.24, 2.45) is 0 Å². The zero-order valence-electron chi connectivity index (χ0n) is 13.7. The minimum atomic E-state index is -0.0647. The van der Waals surface area contributed by atoms with Gasteiger partial charge in [-0.25, -0.2) is 0 Å². The maximum Gasteiger partial charge on any atom is 0.262 e. The number of nitrogens with one attached hydrogen (secondary N) is 2. The molecule has 0 unspecified atom stereocenters. The molecule has 3 rings (SSSR count). The Kier molecular flexibility index (Phi) is 5.89. The lowest BCUT2D eigenvalue weighted by atomic mass is 10.0. The van der Waals surface area contributed by atoms with Crippen LogP contribution in [0, 0.1) is 6.92 Å². The first-order valence-corrected chi connectivity index (χ1v) is 9.35. The standard InChI is InChI=1S/C18H21ClN2O2S/c1-13-2-4-14(5-3-13)15(12-21-8-10-23-11-9-21)20-18(22)16-6-7-17(19)24-16/h2-7,15H,8-12H2,1H3,(H,20,22)/p+1/t15-/m1/s1. The van der Waals surface area contributed by atoms with E-state index in [0.29, 0.717) is 9.21 Å². The van der Waals surface area contributed by atoms with Gasteiger partial charge in [-0.15, -0.1) is 11.3 Å². The summed E-state index contributed by atoms with van der Waals surface area (Å²) in [6.07, 6.45) is 0. The maximum atomic E-state index is 12.6. The summed E-state index contributed by atoms with van der Waals surface area (Å²) in [5, 5.41) is 3.18. The number of aryl methyl sites for hydroxylation is 1. The predicted octanol–water partition coefficient (Wildman–Crippen LogP) is 2.10. The Morgan fingerprint density at radius 1 is 1.25 bits per heavy atom. The van der Waals surface area contributed by atoms with E-state index in [9.17, 15) is 4.79 Å². The van der Waals surface area contributed by atoms with Crippen molar-refractivity contribution in [2.45, 2.75) is 13.0 Å². The summed E-state index contributed by atoms with van der Waals surface area (Å²) in [4.78, 5) is 14.7. The molecule has 0 bridgehead atoms. The molecule has 1 amide bonds. The molecule has 2 heterocycles. The molecule has 1 aromatic heterocycles. The van der Waals surface area contributed by atoms with Crippen LogP contribution in [0.3, 0.4) is 0 Å². The van der Waals surface area contributed by atoms with Crippen molar-refractivity contribution in [2.75, 3.05) is 32.8 Å². The number of carbonyl (C=O) groups is 1. The highest BCUT2D eigenvalue weighted by Crippen LogP contribution is 2.22. The molecule has 128 valence electrons. The third kappa shape index (κ3) is 4.57. The molecule has 0 spiro atoms. The summed E-state index contributed by atoms with van der Waals surface area (Å²) in [7, 11) is 0. The van der Waals surface area contributed by atoms with Crippen molar-refractivity contribution in [1.82, 2.24) is 5.32 Å². The zero-order valence-corrected chi connectivity index (χ0v) is 15.3. The molecule has 1 aliphatic heterocycles. The van der Waals surface area contributed by atoms with Gasteiger partial charge in [-0.1, -0.05) is 41.4 Å². The molecule has 1 saturated heterocycles. The third-order valence-electron chi connectivity index (χ3n) is 4.27.